The predicted molar refractivity (Wildman–Crippen MR) is 110 cm³/mol. The number of benzene rings is 2. The molecule has 2 N–H and O–H groups in total. The smallest absolute Gasteiger partial charge is 0.270 e. The molecule has 0 atom stereocenters. The fourth-order valence-corrected chi connectivity index (χ4v) is 2.75. The number of rotatable bonds is 8. The number of hydrogen-bond acceptors (Lipinski definition) is 5. The van der Waals surface area contributed by atoms with E-state index in [1.165, 1.54) is 12.1 Å². The second-order valence-electron chi connectivity index (χ2n) is 6.55. The summed E-state index contributed by atoms with van der Waals surface area (Å²) in [5.74, 6) is 0.618. The number of anilines is 1. The number of methoxy groups -OCH3 is 1. The molecule has 1 aromatic heterocycles. The number of amides is 1. The first-order chi connectivity index (χ1) is 14.0. The van der Waals surface area contributed by atoms with Gasteiger partial charge in [-0.25, -0.2) is 14.4 Å². The third-order valence-corrected chi connectivity index (χ3v) is 4.31. The van der Waals surface area contributed by atoms with Crippen LogP contribution in [0.2, 0.25) is 0 Å². The minimum Gasteiger partial charge on any atom is -0.497 e. The summed E-state index contributed by atoms with van der Waals surface area (Å²) >= 11 is 0. The Bertz CT molecular complexity index is 960. The van der Waals surface area contributed by atoms with Crippen molar-refractivity contribution < 1.29 is 13.9 Å². The van der Waals surface area contributed by atoms with Crippen LogP contribution >= 0.6 is 0 Å². The molecule has 6 nitrogen and oxygen atoms in total. The molecular weight excluding hydrogens is 371 g/mol. The third kappa shape index (κ3) is 6.00. The predicted octanol–water partition coefficient (Wildman–Crippen LogP) is 3.52. The first kappa shape index (κ1) is 20.3. The molecule has 0 aliphatic carbocycles. The zero-order chi connectivity index (χ0) is 20.6. The number of nitrogens with zero attached hydrogens (tertiary/aromatic N) is 2. The number of carbonyl (C=O) groups is 1. The Morgan fingerprint density at radius 2 is 1.72 bits per heavy atom. The summed E-state index contributed by atoms with van der Waals surface area (Å²) in [6.45, 7) is 2.73. The summed E-state index contributed by atoms with van der Waals surface area (Å²) in [7, 11) is 1.63. The van der Waals surface area contributed by atoms with Crippen molar-refractivity contribution in [3.05, 3.63) is 82.9 Å². The quantitative estimate of drug-likeness (QED) is 0.611. The summed E-state index contributed by atoms with van der Waals surface area (Å²) < 4.78 is 18.1. The van der Waals surface area contributed by atoms with Gasteiger partial charge in [-0.15, -0.1) is 0 Å². The second-order valence-corrected chi connectivity index (χ2v) is 6.55. The number of aryl methyl sites for hydroxylation is 1. The van der Waals surface area contributed by atoms with E-state index < -0.39 is 0 Å². The molecule has 29 heavy (non-hydrogen) atoms. The van der Waals surface area contributed by atoms with Gasteiger partial charge in [-0.2, -0.15) is 0 Å². The third-order valence-electron chi connectivity index (χ3n) is 4.31. The molecule has 2 aromatic carbocycles. The fourth-order valence-electron chi connectivity index (χ4n) is 2.75. The molecule has 0 spiro atoms. The van der Waals surface area contributed by atoms with Crippen LogP contribution in [0.15, 0.2) is 54.6 Å². The molecule has 0 unspecified atom stereocenters. The van der Waals surface area contributed by atoms with Crippen molar-refractivity contribution in [1.82, 2.24) is 15.3 Å². The normalized spacial score (nSPS) is 10.4. The fraction of sp³-hybridized carbons (Fsp3) is 0.227. The van der Waals surface area contributed by atoms with Crippen LogP contribution in [0.3, 0.4) is 0 Å². The molecule has 1 heterocycles. The summed E-state index contributed by atoms with van der Waals surface area (Å²) in [5, 5.41) is 5.95. The van der Waals surface area contributed by atoms with Crippen LogP contribution in [0.4, 0.5) is 10.3 Å². The summed E-state index contributed by atoms with van der Waals surface area (Å²) in [4.78, 5) is 21.1. The van der Waals surface area contributed by atoms with Gasteiger partial charge < -0.3 is 15.4 Å². The molecule has 3 aromatic rings. The van der Waals surface area contributed by atoms with Gasteiger partial charge in [-0.1, -0.05) is 24.3 Å². The zero-order valence-electron chi connectivity index (χ0n) is 16.4. The van der Waals surface area contributed by atoms with Crippen molar-refractivity contribution in [2.75, 3.05) is 19.0 Å². The Balaban J connectivity index is 1.56. The first-order valence-corrected chi connectivity index (χ1v) is 9.28. The Morgan fingerprint density at radius 1 is 1.03 bits per heavy atom. The highest BCUT2D eigenvalue weighted by Gasteiger charge is 2.10. The Hall–Kier alpha value is -3.48. The topological polar surface area (TPSA) is 76.1 Å². The van der Waals surface area contributed by atoms with Gasteiger partial charge in [0.1, 0.15) is 17.3 Å². The van der Waals surface area contributed by atoms with E-state index in [4.69, 9.17) is 4.74 Å². The van der Waals surface area contributed by atoms with Crippen molar-refractivity contribution in [3.8, 4) is 5.75 Å². The second kappa shape index (κ2) is 9.64. The minimum absolute atomic E-state index is 0.256. The molecule has 0 fully saturated rings. The van der Waals surface area contributed by atoms with Gasteiger partial charge >= 0.3 is 0 Å². The maximum Gasteiger partial charge on any atom is 0.270 e. The van der Waals surface area contributed by atoms with Gasteiger partial charge in [0.2, 0.25) is 5.95 Å². The summed E-state index contributed by atoms with van der Waals surface area (Å²) in [5.41, 5.74) is 2.98. The lowest BCUT2D eigenvalue weighted by atomic mass is 10.1. The molecule has 0 radical (unpaired) electrons. The van der Waals surface area contributed by atoms with E-state index in [1.807, 2.05) is 24.3 Å². The van der Waals surface area contributed by atoms with Crippen LogP contribution < -0.4 is 15.4 Å². The van der Waals surface area contributed by atoms with Gasteiger partial charge in [0.05, 0.1) is 7.11 Å². The standard InChI is InChI=1S/C22H23FN4O2/c1-15-13-20(21(28)24-12-11-16-5-9-19(29-2)10-6-16)27-22(26-15)25-14-17-3-7-18(23)8-4-17/h3-10,13H,11-12,14H2,1-2H3,(H,24,28)(H,25,26,27). The lowest BCUT2D eigenvalue weighted by Crippen LogP contribution is -2.27. The van der Waals surface area contributed by atoms with Crippen molar-refractivity contribution in [1.29, 1.82) is 0 Å². The highest BCUT2D eigenvalue weighted by atomic mass is 19.1. The van der Waals surface area contributed by atoms with Gasteiger partial charge in [0, 0.05) is 18.8 Å². The van der Waals surface area contributed by atoms with E-state index in [0.29, 0.717) is 36.8 Å². The average molecular weight is 394 g/mol. The van der Waals surface area contributed by atoms with E-state index in [0.717, 1.165) is 16.9 Å². The number of carbonyl (C=O) groups excluding carboxylic acids is 1. The minimum atomic E-state index is -0.283. The first-order valence-electron chi connectivity index (χ1n) is 9.28. The van der Waals surface area contributed by atoms with Crippen LogP contribution in [-0.4, -0.2) is 29.5 Å². The molecule has 7 heteroatoms. The SMILES string of the molecule is COc1ccc(CCNC(=O)c2cc(C)nc(NCc3ccc(F)cc3)n2)cc1. The highest BCUT2D eigenvalue weighted by molar-refractivity contribution is 5.92. The van der Waals surface area contributed by atoms with Crippen molar-refractivity contribution in [2.45, 2.75) is 19.9 Å². The molecule has 3 rings (SSSR count). The van der Waals surface area contributed by atoms with Gasteiger partial charge in [-0.3, -0.25) is 4.79 Å². The maximum atomic E-state index is 13.0. The maximum absolute atomic E-state index is 13.0. The summed E-state index contributed by atoms with van der Waals surface area (Å²) in [6.07, 6.45) is 0.704. The molecule has 0 saturated heterocycles. The zero-order valence-corrected chi connectivity index (χ0v) is 16.4. The Labute approximate surface area is 169 Å². The Morgan fingerprint density at radius 3 is 2.41 bits per heavy atom. The van der Waals surface area contributed by atoms with E-state index in [2.05, 4.69) is 20.6 Å². The van der Waals surface area contributed by atoms with Crippen LogP contribution in [0, 0.1) is 12.7 Å². The van der Waals surface area contributed by atoms with Crippen LogP contribution in [0.25, 0.3) is 0 Å². The Kier molecular flexibility index (Phi) is 6.73. The number of ether oxygens (including phenoxy) is 1. The van der Waals surface area contributed by atoms with Crippen molar-refractivity contribution in [3.63, 3.8) is 0 Å². The molecule has 0 aliphatic rings. The lowest BCUT2D eigenvalue weighted by Gasteiger charge is -2.09. The number of nitrogens with one attached hydrogen (secondary N) is 2. The number of aromatic nitrogens is 2. The van der Waals surface area contributed by atoms with Gasteiger partial charge in [-0.05, 0) is 54.8 Å². The molecule has 150 valence electrons. The van der Waals surface area contributed by atoms with Crippen molar-refractivity contribution >= 4 is 11.9 Å². The van der Waals surface area contributed by atoms with E-state index in [9.17, 15) is 9.18 Å². The molecule has 0 bridgehead atoms. The van der Waals surface area contributed by atoms with Crippen LogP contribution in [0.1, 0.15) is 27.3 Å². The van der Waals surface area contributed by atoms with Gasteiger partial charge in [0.25, 0.3) is 5.91 Å². The summed E-state index contributed by atoms with van der Waals surface area (Å²) in [6, 6.07) is 15.5. The van der Waals surface area contributed by atoms with E-state index in [-0.39, 0.29) is 11.7 Å². The lowest BCUT2D eigenvalue weighted by molar-refractivity contribution is 0.0949. The number of hydrogen-bond donors (Lipinski definition) is 2. The number of halogens is 1. The van der Waals surface area contributed by atoms with E-state index >= 15 is 0 Å². The van der Waals surface area contributed by atoms with Gasteiger partial charge in [0.15, 0.2) is 0 Å². The van der Waals surface area contributed by atoms with E-state index in [1.54, 1.807) is 32.2 Å². The highest BCUT2D eigenvalue weighted by Crippen LogP contribution is 2.12. The molecule has 0 saturated carbocycles. The monoisotopic (exact) mass is 394 g/mol. The largest absolute Gasteiger partial charge is 0.497 e. The van der Waals surface area contributed by atoms with Crippen LogP contribution in [-0.2, 0) is 13.0 Å². The molecule has 1 amide bonds. The molecular formula is C22H23FN4O2. The average Bonchev–Trinajstić information content (AvgIpc) is 2.73. The van der Waals surface area contributed by atoms with Crippen molar-refractivity contribution in [2.24, 2.45) is 0 Å². The van der Waals surface area contributed by atoms with Crippen LogP contribution in [0.5, 0.6) is 5.75 Å². The molecule has 0 aliphatic heterocycles.